The predicted octanol–water partition coefficient (Wildman–Crippen LogP) is 5.85. The summed E-state index contributed by atoms with van der Waals surface area (Å²) in [7, 11) is 0. The summed E-state index contributed by atoms with van der Waals surface area (Å²) in [6.45, 7) is 5.82. The molecule has 2 nitrogen and oxygen atoms in total. The Labute approximate surface area is 153 Å². The van der Waals surface area contributed by atoms with E-state index < -0.39 is 5.92 Å². The number of nitrogens with one attached hydrogen (secondary N) is 1. The van der Waals surface area contributed by atoms with Gasteiger partial charge in [0.05, 0.1) is 5.92 Å². The fourth-order valence-electron chi connectivity index (χ4n) is 2.87. The SMILES string of the molecule is Cc1ccc(NC(=O)C(C)c2ccc(-c3ccccc3)c(F)c2)cc1C. The van der Waals surface area contributed by atoms with Crippen molar-refractivity contribution in [2.24, 2.45) is 0 Å². The normalized spacial score (nSPS) is 11.8. The Hall–Kier alpha value is -2.94. The zero-order valence-electron chi connectivity index (χ0n) is 15.2. The minimum atomic E-state index is -0.448. The van der Waals surface area contributed by atoms with Crippen molar-refractivity contribution in [3.63, 3.8) is 0 Å². The average Bonchev–Trinajstić information content (AvgIpc) is 2.64. The highest BCUT2D eigenvalue weighted by Crippen LogP contribution is 2.27. The molecule has 0 saturated heterocycles. The van der Waals surface area contributed by atoms with Gasteiger partial charge in [0, 0.05) is 11.3 Å². The van der Waals surface area contributed by atoms with Gasteiger partial charge < -0.3 is 5.32 Å². The second kappa shape index (κ2) is 7.52. The summed E-state index contributed by atoms with van der Waals surface area (Å²) in [5.74, 6) is -0.921. The lowest BCUT2D eigenvalue weighted by molar-refractivity contribution is -0.117. The van der Waals surface area contributed by atoms with E-state index in [0.717, 1.165) is 16.8 Å². The summed E-state index contributed by atoms with van der Waals surface area (Å²) in [6.07, 6.45) is 0. The number of anilines is 1. The van der Waals surface area contributed by atoms with Crippen LogP contribution in [0.25, 0.3) is 11.1 Å². The molecule has 0 fully saturated rings. The average molecular weight is 347 g/mol. The summed E-state index contributed by atoms with van der Waals surface area (Å²) >= 11 is 0. The monoisotopic (exact) mass is 347 g/mol. The molecule has 26 heavy (non-hydrogen) atoms. The molecular weight excluding hydrogens is 325 g/mol. The third kappa shape index (κ3) is 3.83. The van der Waals surface area contributed by atoms with Crippen molar-refractivity contribution in [1.82, 2.24) is 0 Å². The van der Waals surface area contributed by atoms with Gasteiger partial charge in [-0.3, -0.25) is 4.79 Å². The number of rotatable bonds is 4. The minimum Gasteiger partial charge on any atom is -0.326 e. The van der Waals surface area contributed by atoms with Gasteiger partial charge in [0.25, 0.3) is 0 Å². The third-order valence-corrected chi connectivity index (χ3v) is 4.75. The van der Waals surface area contributed by atoms with Gasteiger partial charge in [0.1, 0.15) is 5.82 Å². The molecule has 0 saturated carbocycles. The maximum Gasteiger partial charge on any atom is 0.231 e. The van der Waals surface area contributed by atoms with Crippen molar-refractivity contribution < 1.29 is 9.18 Å². The van der Waals surface area contributed by atoms with Gasteiger partial charge >= 0.3 is 0 Å². The summed E-state index contributed by atoms with van der Waals surface area (Å²) in [5.41, 5.74) is 5.07. The maximum atomic E-state index is 14.6. The standard InChI is InChI=1S/C23H22FNO/c1-15-9-11-20(13-16(15)2)25-23(26)17(3)19-10-12-21(22(24)14-19)18-7-5-4-6-8-18/h4-14,17H,1-3H3,(H,25,26). The molecule has 3 rings (SSSR count). The molecule has 0 aromatic heterocycles. The Balaban J connectivity index is 1.78. The topological polar surface area (TPSA) is 29.1 Å². The number of carbonyl (C=O) groups is 1. The quantitative estimate of drug-likeness (QED) is 0.630. The van der Waals surface area contributed by atoms with Crippen molar-refractivity contribution in [2.45, 2.75) is 26.7 Å². The van der Waals surface area contributed by atoms with E-state index >= 15 is 0 Å². The second-order valence-corrected chi connectivity index (χ2v) is 6.62. The van der Waals surface area contributed by atoms with E-state index in [9.17, 15) is 9.18 Å². The number of hydrogen-bond donors (Lipinski definition) is 1. The highest BCUT2D eigenvalue weighted by molar-refractivity contribution is 5.95. The van der Waals surface area contributed by atoms with Gasteiger partial charge in [-0.25, -0.2) is 4.39 Å². The van der Waals surface area contributed by atoms with E-state index in [-0.39, 0.29) is 11.7 Å². The van der Waals surface area contributed by atoms with Crippen LogP contribution in [0.1, 0.15) is 29.5 Å². The summed E-state index contributed by atoms with van der Waals surface area (Å²) in [5, 5.41) is 2.91. The van der Waals surface area contributed by atoms with Gasteiger partial charge in [0.2, 0.25) is 5.91 Å². The van der Waals surface area contributed by atoms with E-state index in [1.165, 1.54) is 11.6 Å². The molecule has 3 aromatic carbocycles. The first kappa shape index (κ1) is 17.9. The molecule has 132 valence electrons. The first-order valence-corrected chi connectivity index (χ1v) is 8.68. The number of aryl methyl sites for hydroxylation is 2. The molecule has 0 aliphatic rings. The molecule has 3 aromatic rings. The van der Waals surface area contributed by atoms with E-state index in [0.29, 0.717) is 11.1 Å². The molecule has 0 spiro atoms. The Morgan fingerprint density at radius 1 is 0.923 bits per heavy atom. The lowest BCUT2D eigenvalue weighted by atomic mass is 9.96. The summed E-state index contributed by atoms with van der Waals surface area (Å²) in [6, 6.07) is 20.2. The van der Waals surface area contributed by atoms with Gasteiger partial charge in [-0.2, -0.15) is 0 Å². The molecule has 3 heteroatoms. The lowest BCUT2D eigenvalue weighted by Gasteiger charge is -2.15. The molecule has 1 unspecified atom stereocenters. The van der Waals surface area contributed by atoms with E-state index in [4.69, 9.17) is 0 Å². The molecule has 0 heterocycles. The Morgan fingerprint density at radius 3 is 2.31 bits per heavy atom. The smallest absolute Gasteiger partial charge is 0.231 e. The van der Waals surface area contributed by atoms with Crippen LogP contribution in [0.3, 0.4) is 0 Å². The van der Waals surface area contributed by atoms with Crippen LogP contribution < -0.4 is 5.32 Å². The van der Waals surface area contributed by atoms with Crippen LogP contribution in [0.4, 0.5) is 10.1 Å². The van der Waals surface area contributed by atoms with Crippen LogP contribution in [0.2, 0.25) is 0 Å². The van der Waals surface area contributed by atoms with Gasteiger partial charge in [-0.15, -0.1) is 0 Å². The Bertz CT molecular complexity index is 934. The molecular formula is C23H22FNO. The number of benzene rings is 3. The number of halogens is 1. The minimum absolute atomic E-state index is 0.153. The Morgan fingerprint density at radius 2 is 1.65 bits per heavy atom. The van der Waals surface area contributed by atoms with Crippen molar-refractivity contribution in [1.29, 1.82) is 0 Å². The van der Waals surface area contributed by atoms with Crippen LogP contribution in [0.5, 0.6) is 0 Å². The van der Waals surface area contributed by atoms with E-state index in [1.54, 1.807) is 13.0 Å². The van der Waals surface area contributed by atoms with Crippen LogP contribution in [0, 0.1) is 19.7 Å². The molecule has 0 aliphatic carbocycles. The predicted molar refractivity (Wildman–Crippen MR) is 105 cm³/mol. The van der Waals surface area contributed by atoms with Gasteiger partial charge in [-0.05, 0) is 61.2 Å². The van der Waals surface area contributed by atoms with Crippen molar-refractivity contribution in [3.05, 3.63) is 89.2 Å². The third-order valence-electron chi connectivity index (χ3n) is 4.75. The molecule has 0 bridgehead atoms. The Kier molecular flexibility index (Phi) is 5.17. The summed E-state index contributed by atoms with van der Waals surface area (Å²) < 4.78 is 14.6. The second-order valence-electron chi connectivity index (χ2n) is 6.62. The van der Waals surface area contributed by atoms with Crippen LogP contribution in [-0.2, 0) is 4.79 Å². The molecule has 0 aliphatic heterocycles. The van der Waals surface area contributed by atoms with Gasteiger partial charge in [-0.1, -0.05) is 48.5 Å². The largest absolute Gasteiger partial charge is 0.326 e. The van der Waals surface area contributed by atoms with Crippen molar-refractivity contribution >= 4 is 11.6 Å². The van der Waals surface area contributed by atoms with E-state index in [2.05, 4.69) is 5.32 Å². The summed E-state index contributed by atoms with van der Waals surface area (Å²) in [4.78, 5) is 12.5. The zero-order chi connectivity index (χ0) is 18.7. The van der Waals surface area contributed by atoms with Crippen molar-refractivity contribution in [3.8, 4) is 11.1 Å². The molecule has 1 N–H and O–H groups in total. The first-order valence-electron chi connectivity index (χ1n) is 8.68. The van der Waals surface area contributed by atoms with E-state index in [1.807, 2.05) is 68.4 Å². The van der Waals surface area contributed by atoms with Crippen LogP contribution in [-0.4, -0.2) is 5.91 Å². The number of carbonyl (C=O) groups excluding carboxylic acids is 1. The lowest BCUT2D eigenvalue weighted by Crippen LogP contribution is -2.19. The zero-order valence-corrected chi connectivity index (χ0v) is 15.2. The maximum absolute atomic E-state index is 14.6. The first-order chi connectivity index (χ1) is 12.5. The molecule has 1 amide bonds. The fraction of sp³-hybridized carbons (Fsp3) is 0.174. The van der Waals surface area contributed by atoms with Gasteiger partial charge in [0.15, 0.2) is 0 Å². The highest BCUT2D eigenvalue weighted by Gasteiger charge is 2.17. The van der Waals surface area contributed by atoms with Crippen molar-refractivity contribution in [2.75, 3.05) is 5.32 Å². The number of amides is 1. The van der Waals surface area contributed by atoms with Crippen LogP contribution in [0.15, 0.2) is 66.7 Å². The number of hydrogen-bond acceptors (Lipinski definition) is 1. The molecule has 1 atom stereocenters. The van der Waals surface area contributed by atoms with Crippen LogP contribution >= 0.6 is 0 Å². The molecule has 0 radical (unpaired) electrons. The highest BCUT2D eigenvalue weighted by atomic mass is 19.1. The fourth-order valence-corrected chi connectivity index (χ4v) is 2.87.